The first-order valence-corrected chi connectivity index (χ1v) is 6.25. The van der Waals surface area contributed by atoms with E-state index in [0.29, 0.717) is 5.75 Å². The summed E-state index contributed by atoms with van der Waals surface area (Å²) in [6, 6.07) is 7.63. The number of aromatic hydroxyl groups is 1. The van der Waals surface area contributed by atoms with E-state index in [-0.39, 0.29) is 12.1 Å². The fourth-order valence-electron chi connectivity index (χ4n) is 2.10. The molecule has 2 rings (SSSR count). The molecule has 0 saturated carbocycles. The average molecular weight is 245 g/mol. The number of imidazole rings is 1. The minimum Gasteiger partial charge on any atom is -0.508 e. The number of benzene rings is 1. The molecule has 1 aromatic heterocycles. The lowest BCUT2D eigenvalue weighted by Gasteiger charge is -2.21. The molecule has 4 nitrogen and oxygen atoms in total. The number of para-hydroxylation sites is 1. The number of hydrogen-bond donors (Lipinski definition) is 3. The maximum Gasteiger partial charge on any atom is 0.123 e. The summed E-state index contributed by atoms with van der Waals surface area (Å²) in [5, 5.41) is 13.3. The Labute approximate surface area is 107 Å². The van der Waals surface area contributed by atoms with Gasteiger partial charge < -0.3 is 15.4 Å². The Kier molecular flexibility index (Phi) is 3.99. The summed E-state index contributed by atoms with van der Waals surface area (Å²) in [4.78, 5) is 7.40. The normalized spacial score (nSPS) is 14.3. The Hall–Kier alpha value is -1.81. The predicted octanol–water partition coefficient (Wildman–Crippen LogP) is 2.92. The number of H-pyrrole nitrogens is 1. The van der Waals surface area contributed by atoms with Gasteiger partial charge in [0.2, 0.25) is 0 Å². The number of aromatic nitrogens is 2. The zero-order chi connectivity index (χ0) is 13.0. The molecule has 0 aliphatic heterocycles. The van der Waals surface area contributed by atoms with E-state index in [1.807, 2.05) is 31.3 Å². The monoisotopic (exact) mass is 245 g/mol. The fraction of sp³-hybridized carbons (Fsp3) is 0.357. The van der Waals surface area contributed by atoms with E-state index >= 15 is 0 Å². The van der Waals surface area contributed by atoms with Crippen molar-refractivity contribution in [2.24, 2.45) is 0 Å². The van der Waals surface area contributed by atoms with Gasteiger partial charge in [0, 0.05) is 24.0 Å². The minimum atomic E-state index is 0.0706. The molecule has 0 aliphatic rings. The SMILES string of the molecule is CCC(NC(C)c1ccccc1O)c1ncc[nH]1. The van der Waals surface area contributed by atoms with E-state index < -0.39 is 0 Å². The number of aromatic amines is 1. The molecule has 1 aromatic carbocycles. The van der Waals surface area contributed by atoms with Crippen molar-refractivity contribution < 1.29 is 5.11 Å². The largest absolute Gasteiger partial charge is 0.508 e. The van der Waals surface area contributed by atoms with Gasteiger partial charge in [-0.3, -0.25) is 0 Å². The summed E-state index contributed by atoms with van der Waals surface area (Å²) in [6.45, 7) is 4.15. The standard InChI is InChI=1S/C14H19N3O/c1-3-12(14-15-8-9-16-14)17-10(2)11-6-4-5-7-13(11)18/h4-10,12,17-18H,3H2,1-2H3,(H,15,16). The van der Waals surface area contributed by atoms with Gasteiger partial charge in [0.25, 0.3) is 0 Å². The summed E-state index contributed by atoms with van der Waals surface area (Å²) in [6.07, 6.45) is 4.51. The van der Waals surface area contributed by atoms with Crippen LogP contribution in [-0.4, -0.2) is 15.1 Å². The van der Waals surface area contributed by atoms with Crippen LogP contribution in [0.4, 0.5) is 0 Å². The van der Waals surface area contributed by atoms with Gasteiger partial charge in [-0.05, 0) is 19.4 Å². The Bertz CT molecular complexity index is 482. The van der Waals surface area contributed by atoms with Crippen molar-refractivity contribution >= 4 is 0 Å². The van der Waals surface area contributed by atoms with Crippen LogP contribution in [0.15, 0.2) is 36.7 Å². The smallest absolute Gasteiger partial charge is 0.123 e. The molecule has 0 spiro atoms. The predicted molar refractivity (Wildman–Crippen MR) is 71.3 cm³/mol. The Balaban J connectivity index is 2.11. The molecule has 4 heteroatoms. The topological polar surface area (TPSA) is 60.9 Å². The fourth-order valence-corrected chi connectivity index (χ4v) is 2.10. The average Bonchev–Trinajstić information content (AvgIpc) is 2.90. The lowest BCUT2D eigenvalue weighted by atomic mass is 10.1. The van der Waals surface area contributed by atoms with Gasteiger partial charge in [0.05, 0.1) is 6.04 Å². The third-order valence-electron chi connectivity index (χ3n) is 3.11. The molecule has 2 aromatic rings. The first-order valence-electron chi connectivity index (χ1n) is 6.25. The maximum atomic E-state index is 9.83. The molecule has 1 heterocycles. The zero-order valence-electron chi connectivity index (χ0n) is 10.7. The van der Waals surface area contributed by atoms with Gasteiger partial charge in [-0.2, -0.15) is 0 Å². The zero-order valence-corrected chi connectivity index (χ0v) is 10.7. The number of rotatable bonds is 5. The highest BCUT2D eigenvalue weighted by Gasteiger charge is 2.17. The van der Waals surface area contributed by atoms with Crippen molar-refractivity contribution in [2.45, 2.75) is 32.4 Å². The molecule has 0 bridgehead atoms. The molecular weight excluding hydrogens is 226 g/mol. The Morgan fingerprint density at radius 3 is 2.78 bits per heavy atom. The highest BCUT2D eigenvalue weighted by Crippen LogP contribution is 2.26. The van der Waals surface area contributed by atoms with E-state index in [1.54, 1.807) is 12.3 Å². The van der Waals surface area contributed by atoms with Crippen LogP contribution in [0.3, 0.4) is 0 Å². The second kappa shape index (κ2) is 5.69. The van der Waals surface area contributed by atoms with Crippen molar-refractivity contribution in [3.8, 4) is 5.75 Å². The van der Waals surface area contributed by atoms with Gasteiger partial charge in [0.15, 0.2) is 0 Å². The molecule has 2 atom stereocenters. The van der Waals surface area contributed by atoms with Crippen LogP contribution in [0.2, 0.25) is 0 Å². The first kappa shape index (κ1) is 12.6. The van der Waals surface area contributed by atoms with Crippen molar-refractivity contribution in [1.29, 1.82) is 0 Å². The van der Waals surface area contributed by atoms with Gasteiger partial charge in [0.1, 0.15) is 11.6 Å². The maximum absolute atomic E-state index is 9.83. The third kappa shape index (κ3) is 2.71. The second-order valence-corrected chi connectivity index (χ2v) is 4.38. The molecule has 2 unspecified atom stereocenters. The lowest BCUT2D eigenvalue weighted by Crippen LogP contribution is -2.25. The number of phenols is 1. The van der Waals surface area contributed by atoms with Gasteiger partial charge >= 0.3 is 0 Å². The van der Waals surface area contributed by atoms with Crippen LogP contribution in [0.25, 0.3) is 0 Å². The Morgan fingerprint density at radius 2 is 2.17 bits per heavy atom. The molecule has 96 valence electrons. The molecule has 0 fully saturated rings. The highest BCUT2D eigenvalue weighted by atomic mass is 16.3. The van der Waals surface area contributed by atoms with Crippen LogP contribution in [0.1, 0.15) is 43.7 Å². The van der Waals surface area contributed by atoms with Crippen LogP contribution < -0.4 is 5.32 Å². The summed E-state index contributed by atoms with van der Waals surface area (Å²) in [7, 11) is 0. The molecule has 0 aliphatic carbocycles. The molecular formula is C14H19N3O. The number of phenolic OH excluding ortho intramolecular Hbond substituents is 1. The van der Waals surface area contributed by atoms with Crippen molar-refractivity contribution in [1.82, 2.24) is 15.3 Å². The van der Waals surface area contributed by atoms with Crippen molar-refractivity contribution in [3.05, 3.63) is 48.0 Å². The van der Waals surface area contributed by atoms with Crippen LogP contribution >= 0.6 is 0 Å². The third-order valence-corrected chi connectivity index (χ3v) is 3.11. The van der Waals surface area contributed by atoms with E-state index in [4.69, 9.17) is 0 Å². The summed E-state index contributed by atoms with van der Waals surface area (Å²) < 4.78 is 0. The van der Waals surface area contributed by atoms with Crippen LogP contribution in [0, 0.1) is 0 Å². The van der Waals surface area contributed by atoms with E-state index in [0.717, 1.165) is 17.8 Å². The number of hydrogen-bond acceptors (Lipinski definition) is 3. The molecule has 18 heavy (non-hydrogen) atoms. The van der Waals surface area contributed by atoms with Crippen molar-refractivity contribution in [3.63, 3.8) is 0 Å². The van der Waals surface area contributed by atoms with E-state index in [9.17, 15) is 5.11 Å². The highest BCUT2D eigenvalue weighted by molar-refractivity contribution is 5.34. The lowest BCUT2D eigenvalue weighted by molar-refractivity contribution is 0.416. The van der Waals surface area contributed by atoms with Gasteiger partial charge in [-0.25, -0.2) is 4.98 Å². The molecule has 0 radical (unpaired) electrons. The van der Waals surface area contributed by atoms with Crippen molar-refractivity contribution in [2.75, 3.05) is 0 Å². The minimum absolute atomic E-state index is 0.0706. The van der Waals surface area contributed by atoms with Crippen LogP contribution in [-0.2, 0) is 0 Å². The van der Waals surface area contributed by atoms with E-state index in [2.05, 4.69) is 22.2 Å². The van der Waals surface area contributed by atoms with Crippen LogP contribution in [0.5, 0.6) is 5.75 Å². The summed E-state index contributed by atoms with van der Waals surface area (Å²) in [5.74, 6) is 1.26. The number of nitrogens with one attached hydrogen (secondary N) is 2. The molecule has 3 N–H and O–H groups in total. The van der Waals surface area contributed by atoms with E-state index in [1.165, 1.54) is 0 Å². The first-order chi connectivity index (χ1) is 8.72. The van der Waals surface area contributed by atoms with Gasteiger partial charge in [-0.15, -0.1) is 0 Å². The molecule has 0 amide bonds. The number of nitrogens with zero attached hydrogens (tertiary/aromatic N) is 1. The summed E-state index contributed by atoms with van der Waals surface area (Å²) >= 11 is 0. The Morgan fingerprint density at radius 1 is 1.39 bits per heavy atom. The summed E-state index contributed by atoms with van der Waals surface area (Å²) in [5.41, 5.74) is 0.905. The quantitative estimate of drug-likeness (QED) is 0.759. The second-order valence-electron chi connectivity index (χ2n) is 4.38. The molecule has 0 saturated heterocycles. The van der Waals surface area contributed by atoms with Gasteiger partial charge in [-0.1, -0.05) is 25.1 Å².